The molecule has 0 saturated heterocycles. The summed E-state index contributed by atoms with van der Waals surface area (Å²) in [4.78, 5) is 3.47. The topological polar surface area (TPSA) is 12.9 Å². The molecule has 1 heterocycles. The summed E-state index contributed by atoms with van der Waals surface area (Å²) in [5.74, 6) is 0. The van der Waals surface area contributed by atoms with E-state index in [2.05, 4.69) is 4.98 Å². The minimum Gasteiger partial charge on any atom is -0.246 e. The number of halogens is 3. The van der Waals surface area contributed by atoms with Gasteiger partial charge < -0.3 is 0 Å². The van der Waals surface area contributed by atoms with Crippen LogP contribution in [0.5, 0.6) is 0 Å². The number of nitrogens with zero attached hydrogens (tertiary/aromatic N) is 1. The summed E-state index contributed by atoms with van der Waals surface area (Å²) in [5.41, 5.74) is 0.396. The Labute approximate surface area is 68.7 Å². The first-order valence-corrected chi connectivity index (χ1v) is 3.62. The molecular formula is C6H6F3NS. The Morgan fingerprint density at radius 1 is 1.73 bits per heavy atom. The summed E-state index contributed by atoms with van der Waals surface area (Å²) in [7, 11) is 0. The number of alkyl halides is 3. The van der Waals surface area contributed by atoms with Crippen LogP contribution in [0.4, 0.5) is 13.2 Å². The van der Waals surface area contributed by atoms with E-state index in [9.17, 15) is 13.2 Å². The monoisotopic (exact) mass is 183 g/mol. The van der Waals surface area contributed by atoms with Crippen molar-refractivity contribution in [3.63, 3.8) is 0 Å². The lowest BCUT2D eigenvalue weighted by atomic mass is 10.4. The molecule has 62 valence electrons. The molecule has 1 nitrogen and oxygen atoms in total. The molecule has 0 saturated carbocycles. The average molecular weight is 183 g/mol. The van der Waals surface area contributed by atoms with Gasteiger partial charge in [-0.15, -0.1) is 11.3 Å². The van der Waals surface area contributed by atoms with Crippen LogP contribution >= 0.6 is 11.3 Å². The zero-order valence-corrected chi connectivity index (χ0v) is 6.38. The first kappa shape index (κ1) is 5.99. The van der Waals surface area contributed by atoms with Gasteiger partial charge >= 0.3 is 6.18 Å². The lowest BCUT2D eigenvalue weighted by molar-refractivity contribution is -0.127. The molecule has 0 atom stereocenters. The molecule has 11 heavy (non-hydrogen) atoms. The highest BCUT2D eigenvalue weighted by Gasteiger charge is 2.28. The van der Waals surface area contributed by atoms with E-state index < -0.39 is 17.6 Å². The Hall–Kier alpha value is -0.580. The Bertz CT molecular complexity index is 307. The Kier molecular flexibility index (Phi) is 1.53. The second-order valence-electron chi connectivity index (χ2n) is 1.92. The van der Waals surface area contributed by atoms with E-state index in [-0.39, 0.29) is 0 Å². The lowest BCUT2D eigenvalue weighted by Crippen LogP contribution is -2.11. The Morgan fingerprint density at radius 2 is 2.36 bits per heavy atom. The van der Waals surface area contributed by atoms with E-state index in [0.717, 1.165) is 0 Å². The van der Waals surface area contributed by atoms with Crippen molar-refractivity contribution in [2.75, 3.05) is 0 Å². The van der Waals surface area contributed by atoms with Gasteiger partial charge in [0.15, 0.2) is 0 Å². The van der Waals surface area contributed by atoms with Crippen LogP contribution in [0.25, 0.3) is 0 Å². The molecule has 0 aliphatic rings. The van der Waals surface area contributed by atoms with Crippen LogP contribution in [-0.4, -0.2) is 11.2 Å². The molecule has 0 radical (unpaired) electrons. The van der Waals surface area contributed by atoms with E-state index in [1.165, 1.54) is 12.3 Å². The summed E-state index contributed by atoms with van der Waals surface area (Å²) in [6, 6.07) is 0. The van der Waals surface area contributed by atoms with Crippen LogP contribution in [0, 0.1) is 6.92 Å². The van der Waals surface area contributed by atoms with Gasteiger partial charge in [0.1, 0.15) is 5.01 Å². The molecule has 0 spiro atoms. The van der Waals surface area contributed by atoms with E-state index in [4.69, 9.17) is 2.74 Å². The third kappa shape index (κ3) is 2.88. The van der Waals surface area contributed by atoms with Crippen molar-refractivity contribution >= 4 is 11.3 Å². The number of thiazole rings is 1. The smallest absolute Gasteiger partial charge is 0.246 e. The molecule has 1 aromatic heterocycles. The molecule has 1 rings (SSSR count). The second-order valence-corrected chi connectivity index (χ2v) is 2.77. The van der Waals surface area contributed by atoms with Gasteiger partial charge in [-0.05, 0) is 6.92 Å². The van der Waals surface area contributed by atoms with Crippen molar-refractivity contribution < 1.29 is 15.9 Å². The maximum absolute atomic E-state index is 12.1. The van der Waals surface area contributed by atoms with Crippen LogP contribution in [-0.2, 0) is 6.37 Å². The summed E-state index contributed by atoms with van der Waals surface area (Å²) >= 11 is 0.677. The van der Waals surface area contributed by atoms with Gasteiger partial charge in [0.05, 0.1) is 6.37 Å². The molecule has 0 unspecified atom stereocenters. The van der Waals surface area contributed by atoms with Crippen LogP contribution in [0.3, 0.4) is 0 Å². The number of hydrogen-bond donors (Lipinski definition) is 0. The maximum atomic E-state index is 12.1. The fourth-order valence-electron chi connectivity index (χ4n) is 0.533. The Balaban J connectivity index is 3.07. The summed E-state index contributed by atoms with van der Waals surface area (Å²) in [6.07, 6.45) is -8.25. The van der Waals surface area contributed by atoms with Crippen LogP contribution in [0.15, 0.2) is 5.38 Å². The third-order valence-electron chi connectivity index (χ3n) is 0.868. The minimum absolute atomic E-state index is 0.396. The average Bonchev–Trinajstić information content (AvgIpc) is 2.33. The highest BCUT2D eigenvalue weighted by Crippen LogP contribution is 2.22. The molecule has 0 aromatic carbocycles. The molecular weight excluding hydrogens is 175 g/mol. The first-order valence-electron chi connectivity index (χ1n) is 3.74. The molecule has 0 fully saturated rings. The third-order valence-corrected chi connectivity index (χ3v) is 1.74. The Morgan fingerprint density at radius 3 is 2.73 bits per heavy atom. The SMILES string of the molecule is [2H]C([2H])(c1nc(C)cs1)C(F)(F)F. The van der Waals surface area contributed by atoms with Gasteiger partial charge in [0.2, 0.25) is 0 Å². The number of aromatic nitrogens is 1. The molecule has 0 bridgehead atoms. The van der Waals surface area contributed by atoms with E-state index in [1.807, 2.05) is 0 Å². The highest BCUT2D eigenvalue weighted by molar-refractivity contribution is 7.09. The minimum atomic E-state index is -4.91. The fourth-order valence-corrected chi connectivity index (χ4v) is 1.24. The predicted octanol–water partition coefficient (Wildman–Crippen LogP) is 2.56. The highest BCUT2D eigenvalue weighted by atomic mass is 32.1. The molecule has 0 aliphatic heterocycles. The van der Waals surface area contributed by atoms with Crippen molar-refractivity contribution in [2.24, 2.45) is 0 Å². The van der Waals surface area contributed by atoms with E-state index in [1.54, 1.807) is 0 Å². The normalized spacial score (nSPS) is 16.0. The van der Waals surface area contributed by atoms with Gasteiger partial charge in [-0.3, -0.25) is 0 Å². The van der Waals surface area contributed by atoms with Crippen LogP contribution in [0.2, 0.25) is 0 Å². The predicted molar refractivity (Wildman–Crippen MR) is 36.6 cm³/mol. The molecule has 1 aromatic rings. The number of aryl methyl sites for hydroxylation is 1. The lowest BCUT2D eigenvalue weighted by Gasteiger charge is -2.01. The quantitative estimate of drug-likeness (QED) is 0.652. The van der Waals surface area contributed by atoms with Crippen molar-refractivity contribution in [1.82, 2.24) is 4.98 Å². The van der Waals surface area contributed by atoms with E-state index >= 15 is 0 Å². The van der Waals surface area contributed by atoms with Gasteiger partial charge in [0, 0.05) is 13.8 Å². The zero-order chi connectivity index (χ0) is 10.3. The molecule has 0 amide bonds. The zero-order valence-electron chi connectivity index (χ0n) is 7.57. The van der Waals surface area contributed by atoms with Gasteiger partial charge in [-0.2, -0.15) is 13.2 Å². The largest absolute Gasteiger partial charge is 0.395 e. The summed E-state index contributed by atoms with van der Waals surface area (Å²) in [5, 5.41) is 0.844. The molecule has 0 N–H and O–H groups in total. The summed E-state index contributed by atoms with van der Waals surface area (Å²) in [6.45, 7) is 1.52. The van der Waals surface area contributed by atoms with E-state index in [0.29, 0.717) is 17.0 Å². The fraction of sp³-hybridized carbons (Fsp3) is 0.500. The van der Waals surface area contributed by atoms with Crippen LogP contribution < -0.4 is 0 Å². The second kappa shape index (κ2) is 2.81. The number of rotatable bonds is 1. The first-order chi connectivity index (χ1) is 5.75. The van der Waals surface area contributed by atoms with Crippen LogP contribution in [0.1, 0.15) is 13.4 Å². The molecule has 5 heteroatoms. The van der Waals surface area contributed by atoms with Crippen molar-refractivity contribution in [2.45, 2.75) is 19.5 Å². The number of hydrogen-bond acceptors (Lipinski definition) is 2. The van der Waals surface area contributed by atoms with Gasteiger partial charge in [0.25, 0.3) is 0 Å². The van der Waals surface area contributed by atoms with Crippen molar-refractivity contribution in [1.29, 1.82) is 0 Å². The van der Waals surface area contributed by atoms with Crippen molar-refractivity contribution in [3.05, 3.63) is 16.1 Å². The standard InChI is InChI=1S/C6H6F3NS/c1-4-3-11-5(10-4)2-6(7,8)9/h3H,2H2,1H3/i2D2. The maximum Gasteiger partial charge on any atom is 0.395 e. The van der Waals surface area contributed by atoms with Gasteiger partial charge in [-0.25, -0.2) is 4.98 Å². The van der Waals surface area contributed by atoms with Gasteiger partial charge in [-0.1, -0.05) is 0 Å². The van der Waals surface area contributed by atoms with Crippen molar-refractivity contribution in [3.8, 4) is 0 Å². The summed E-state index contributed by atoms with van der Waals surface area (Å²) < 4.78 is 50.0. The molecule has 0 aliphatic carbocycles.